The molecule has 0 radical (unpaired) electrons. The number of benzene rings is 1. The van der Waals surface area contributed by atoms with Crippen molar-refractivity contribution < 1.29 is 4.79 Å². The van der Waals surface area contributed by atoms with E-state index in [1.54, 1.807) is 0 Å². The number of fused-ring (bicyclic) bond motifs is 1. The zero-order chi connectivity index (χ0) is 14.5. The fourth-order valence-corrected chi connectivity index (χ4v) is 3.10. The van der Waals surface area contributed by atoms with Gasteiger partial charge in [0.1, 0.15) is 0 Å². The molecule has 1 aromatic rings. The second-order valence-electron chi connectivity index (χ2n) is 5.74. The van der Waals surface area contributed by atoms with Crippen LogP contribution in [0.1, 0.15) is 5.56 Å². The van der Waals surface area contributed by atoms with Gasteiger partial charge in [0.25, 0.3) is 0 Å². The summed E-state index contributed by atoms with van der Waals surface area (Å²) < 4.78 is 0. The molecule has 1 amide bonds. The Balaban J connectivity index is 1.39. The van der Waals surface area contributed by atoms with Crippen molar-refractivity contribution in [1.82, 2.24) is 15.5 Å². The number of hydrogen-bond donors (Lipinski definition) is 2. The molecule has 2 heterocycles. The lowest BCUT2D eigenvalue weighted by atomic mass is 10.2. The summed E-state index contributed by atoms with van der Waals surface area (Å²) in [4.78, 5) is 16.5. The van der Waals surface area contributed by atoms with Gasteiger partial charge in [-0.2, -0.15) is 0 Å². The Kier molecular flexibility index (Phi) is 4.72. The van der Waals surface area contributed by atoms with E-state index in [0.29, 0.717) is 6.54 Å². The number of carbonyl (C=O) groups is 1. The van der Waals surface area contributed by atoms with E-state index in [9.17, 15) is 4.79 Å². The van der Waals surface area contributed by atoms with Gasteiger partial charge in [0.15, 0.2) is 0 Å². The molecule has 5 nitrogen and oxygen atoms in total. The Morgan fingerprint density at radius 3 is 2.86 bits per heavy atom. The van der Waals surface area contributed by atoms with Crippen molar-refractivity contribution in [2.75, 3.05) is 57.3 Å². The van der Waals surface area contributed by atoms with Gasteiger partial charge < -0.3 is 15.5 Å². The summed E-state index contributed by atoms with van der Waals surface area (Å²) in [6, 6.07) is 8.54. The van der Waals surface area contributed by atoms with Gasteiger partial charge in [-0.1, -0.05) is 18.2 Å². The fourth-order valence-electron chi connectivity index (χ4n) is 3.10. The average Bonchev–Trinajstić information content (AvgIpc) is 2.92. The van der Waals surface area contributed by atoms with Crippen LogP contribution in [0.3, 0.4) is 0 Å². The van der Waals surface area contributed by atoms with Crippen LogP contribution in [-0.4, -0.2) is 63.2 Å². The first-order chi connectivity index (χ1) is 10.3. The van der Waals surface area contributed by atoms with Gasteiger partial charge in [-0.3, -0.25) is 9.69 Å². The molecule has 1 aromatic carbocycles. The zero-order valence-corrected chi connectivity index (χ0v) is 12.5. The molecule has 2 aliphatic rings. The number of nitrogens with zero attached hydrogens (tertiary/aromatic N) is 2. The van der Waals surface area contributed by atoms with Gasteiger partial charge in [0, 0.05) is 51.5 Å². The lowest BCUT2D eigenvalue weighted by molar-refractivity contribution is -0.122. The van der Waals surface area contributed by atoms with Crippen molar-refractivity contribution in [3.8, 4) is 0 Å². The first-order valence-corrected chi connectivity index (χ1v) is 7.85. The molecule has 114 valence electrons. The molecule has 0 aliphatic carbocycles. The van der Waals surface area contributed by atoms with E-state index in [2.05, 4.69) is 44.7 Å². The van der Waals surface area contributed by atoms with E-state index in [4.69, 9.17) is 0 Å². The summed E-state index contributed by atoms with van der Waals surface area (Å²) in [6.07, 6.45) is 1.12. The first kappa shape index (κ1) is 14.4. The highest BCUT2D eigenvalue weighted by molar-refractivity contribution is 5.78. The lowest BCUT2D eigenvalue weighted by Gasteiger charge is -2.26. The Labute approximate surface area is 126 Å². The minimum atomic E-state index is 0.143. The van der Waals surface area contributed by atoms with E-state index in [-0.39, 0.29) is 5.91 Å². The second-order valence-corrected chi connectivity index (χ2v) is 5.74. The minimum Gasteiger partial charge on any atom is -0.369 e. The molecule has 2 N–H and O–H groups in total. The number of anilines is 1. The van der Waals surface area contributed by atoms with Crippen molar-refractivity contribution in [3.05, 3.63) is 29.8 Å². The number of hydrogen-bond acceptors (Lipinski definition) is 4. The van der Waals surface area contributed by atoms with Crippen molar-refractivity contribution in [1.29, 1.82) is 0 Å². The van der Waals surface area contributed by atoms with Crippen LogP contribution in [-0.2, 0) is 11.2 Å². The molecule has 2 aliphatic heterocycles. The average molecular weight is 288 g/mol. The van der Waals surface area contributed by atoms with Gasteiger partial charge in [-0.05, 0) is 18.1 Å². The summed E-state index contributed by atoms with van der Waals surface area (Å²) in [6.45, 7) is 7.10. The number of rotatable bonds is 5. The zero-order valence-electron chi connectivity index (χ0n) is 12.5. The first-order valence-electron chi connectivity index (χ1n) is 7.85. The maximum absolute atomic E-state index is 11.9. The largest absolute Gasteiger partial charge is 0.369 e. The Bertz CT molecular complexity index is 485. The number of amides is 1. The number of para-hydroxylation sites is 1. The summed E-state index contributed by atoms with van der Waals surface area (Å²) in [5.74, 6) is 0.143. The Hall–Kier alpha value is -1.59. The predicted octanol–water partition coefficient (Wildman–Crippen LogP) is 0.0705. The van der Waals surface area contributed by atoms with Crippen molar-refractivity contribution in [2.45, 2.75) is 6.42 Å². The van der Waals surface area contributed by atoms with Crippen LogP contribution >= 0.6 is 0 Å². The molecular formula is C16H24N4O. The molecule has 0 spiro atoms. The number of piperazine rings is 1. The van der Waals surface area contributed by atoms with E-state index < -0.39 is 0 Å². The lowest BCUT2D eigenvalue weighted by Crippen LogP contribution is -2.48. The SMILES string of the molecule is O=C(CN1CCNCC1)NCCN1CCc2ccccc21. The quantitative estimate of drug-likeness (QED) is 0.805. The maximum atomic E-state index is 11.9. The fraction of sp³-hybridized carbons (Fsp3) is 0.562. The molecular weight excluding hydrogens is 264 g/mol. The Morgan fingerprint density at radius 2 is 2.00 bits per heavy atom. The van der Waals surface area contributed by atoms with Crippen LogP contribution in [0, 0.1) is 0 Å². The maximum Gasteiger partial charge on any atom is 0.234 e. The van der Waals surface area contributed by atoms with Crippen molar-refractivity contribution >= 4 is 11.6 Å². The monoisotopic (exact) mass is 288 g/mol. The van der Waals surface area contributed by atoms with Crippen LogP contribution in [0.4, 0.5) is 5.69 Å². The molecule has 5 heteroatoms. The third kappa shape index (κ3) is 3.74. The highest BCUT2D eigenvalue weighted by Crippen LogP contribution is 2.26. The van der Waals surface area contributed by atoms with Crippen LogP contribution in [0.15, 0.2) is 24.3 Å². The van der Waals surface area contributed by atoms with Crippen molar-refractivity contribution in [2.24, 2.45) is 0 Å². The van der Waals surface area contributed by atoms with Gasteiger partial charge in [0.2, 0.25) is 5.91 Å². The van der Waals surface area contributed by atoms with E-state index >= 15 is 0 Å². The molecule has 1 saturated heterocycles. The van der Waals surface area contributed by atoms with Gasteiger partial charge in [-0.15, -0.1) is 0 Å². The van der Waals surface area contributed by atoms with Crippen molar-refractivity contribution in [3.63, 3.8) is 0 Å². The van der Waals surface area contributed by atoms with Gasteiger partial charge >= 0.3 is 0 Å². The summed E-state index contributed by atoms with van der Waals surface area (Å²) in [7, 11) is 0. The highest BCUT2D eigenvalue weighted by atomic mass is 16.2. The molecule has 0 atom stereocenters. The summed E-state index contributed by atoms with van der Waals surface area (Å²) in [5, 5.41) is 6.34. The topological polar surface area (TPSA) is 47.6 Å². The number of carbonyl (C=O) groups excluding carboxylic acids is 1. The third-order valence-electron chi connectivity index (χ3n) is 4.26. The molecule has 21 heavy (non-hydrogen) atoms. The van der Waals surface area contributed by atoms with Crippen LogP contribution in [0.2, 0.25) is 0 Å². The molecule has 3 rings (SSSR count). The van der Waals surface area contributed by atoms with E-state index in [0.717, 1.165) is 52.2 Å². The van der Waals surface area contributed by atoms with Crippen LogP contribution < -0.4 is 15.5 Å². The molecule has 0 saturated carbocycles. The molecule has 0 aromatic heterocycles. The van der Waals surface area contributed by atoms with Crippen LogP contribution in [0.5, 0.6) is 0 Å². The van der Waals surface area contributed by atoms with Gasteiger partial charge in [-0.25, -0.2) is 0 Å². The standard InChI is InChI=1S/C16H24N4O/c21-16(13-19-10-6-17-7-11-19)18-8-12-20-9-5-14-3-1-2-4-15(14)20/h1-4,17H,5-13H2,(H,18,21). The summed E-state index contributed by atoms with van der Waals surface area (Å²) >= 11 is 0. The molecule has 0 bridgehead atoms. The minimum absolute atomic E-state index is 0.143. The normalized spacial score (nSPS) is 18.6. The molecule has 0 unspecified atom stereocenters. The van der Waals surface area contributed by atoms with E-state index in [1.165, 1.54) is 11.3 Å². The van der Waals surface area contributed by atoms with Gasteiger partial charge in [0.05, 0.1) is 6.54 Å². The third-order valence-corrected chi connectivity index (χ3v) is 4.26. The van der Waals surface area contributed by atoms with E-state index in [1.807, 2.05) is 0 Å². The number of nitrogens with one attached hydrogen (secondary N) is 2. The molecule has 1 fully saturated rings. The highest BCUT2D eigenvalue weighted by Gasteiger charge is 2.18. The smallest absolute Gasteiger partial charge is 0.234 e. The predicted molar refractivity (Wildman–Crippen MR) is 84.7 cm³/mol. The second kappa shape index (κ2) is 6.91. The Morgan fingerprint density at radius 1 is 1.19 bits per heavy atom. The van der Waals surface area contributed by atoms with Crippen LogP contribution in [0.25, 0.3) is 0 Å². The summed E-state index contributed by atoms with van der Waals surface area (Å²) in [5.41, 5.74) is 2.75.